The number of nitrogens with zero attached hydrogens (tertiary/aromatic N) is 3. The van der Waals surface area contributed by atoms with Crippen molar-refractivity contribution in [3.8, 4) is 0 Å². The molecule has 1 unspecified atom stereocenters. The van der Waals surface area contributed by atoms with Crippen molar-refractivity contribution in [2.45, 2.75) is 11.9 Å². The normalized spacial score (nSPS) is 16.6. The lowest BCUT2D eigenvalue weighted by Crippen LogP contribution is -2.32. The molecule has 0 bridgehead atoms. The maximum atomic E-state index is 11.2. The Morgan fingerprint density at radius 2 is 2.15 bits per heavy atom. The molecule has 2 aromatic rings. The zero-order valence-electron chi connectivity index (χ0n) is 10.6. The lowest BCUT2D eigenvalue weighted by atomic mass is 10.2. The highest BCUT2D eigenvalue weighted by Crippen LogP contribution is 2.39. The summed E-state index contributed by atoms with van der Waals surface area (Å²) in [6.45, 7) is 0. The lowest BCUT2D eigenvalue weighted by Gasteiger charge is -2.20. The first-order chi connectivity index (χ1) is 9.79. The van der Waals surface area contributed by atoms with Gasteiger partial charge in [-0.15, -0.1) is 0 Å². The second-order valence-corrected chi connectivity index (χ2v) is 5.21. The molecule has 0 fully saturated rings. The molecule has 1 aromatic heterocycles. The number of carbonyl (C=O) groups is 1. The van der Waals surface area contributed by atoms with E-state index in [1.165, 1.54) is 23.8 Å². The third-order valence-corrected chi connectivity index (χ3v) is 4.09. The molecule has 3 N–H and O–H groups in total. The monoisotopic (exact) mass is 287 g/mol. The number of anilines is 3. The fraction of sp³-hybridized carbons (Fsp3) is 0.154. The molecule has 0 saturated carbocycles. The smallest absolute Gasteiger partial charge is 0.169 e. The van der Waals surface area contributed by atoms with Crippen molar-refractivity contribution < 1.29 is 4.79 Å². The van der Waals surface area contributed by atoms with E-state index in [0.717, 1.165) is 12.0 Å². The number of aromatic nitrogens is 2. The second kappa shape index (κ2) is 5.38. The molecule has 0 saturated heterocycles. The average molecular weight is 287 g/mol. The van der Waals surface area contributed by atoms with Gasteiger partial charge < -0.3 is 11.1 Å². The quantitative estimate of drug-likeness (QED) is 0.653. The summed E-state index contributed by atoms with van der Waals surface area (Å²) >= 11 is 1.51. The van der Waals surface area contributed by atoms with Gasteiger partial charge >= 0.3 is 0 Å². The summed E-state index contributed by atoms with van der Waals surface area (Å²) < 4.78 is 1.83. The number of nitrogens with one attached hydrogen (secondary N) is 1. The molecule has 1 aromatic carbocycles. The molecule has 3 rings (SSSR count). The predicted octanol–water partition coefficient (Wildman–Crippen LogP) is 1.66. The Hall–Kier alpha value is -2.28. The van der Waals surface area contributed by atoms with Crippen molar-refractivity contribution >= 4 is 35.6 Å². The van der Waals surface area contributed by atoms with E-state index in [-0.39, 0.29) is 0 Å². The van der Waals surface area contributed by atoms with Crippen molar-refractivity contribution in [3.05, 3.63) is 42.2 Å². The van der Waals surface area contributed by atoms with E-state index in [4.69, 9.17) is 5.73 Å². The van der Waals surface area contributed by atoms with Crippen molar-refractivity contribution in [1.29, 1.82) is 0 Å². The van der Waals surface area contributed by atoms with E-state index >= 15 is 0 Å². The fourth-order valence-corrected chi connectivity index (χ4v) is 2.99. The Balaban J connectivity index is 1.81. The number of aldehydes is 1. The first kappa shape index (κ1) is 12.7. The molecule has 1 atom stereocenters. The summed E-state index contributed by atoms with van der Waals surface area (Å²) in [5.74, 6) is 1.75. The first-order valence-electron chi connectivity index (χ1n) is 6.08. The minimum absolute atomic E-state index is 0.352. The third kappa shape index (κ3) is 2.27. The summed E-state index contributed by atoms with van der Waals surface area (Å²) in [7, 11) is 0. The Bertz CT molecular complexity index is 621. The van der Waals surface area contributed by atoms with Gasteiger partial charge in [-0.3, -0.25) is 9.10 Å². The third-order valence-electron chi connectivity index (χ3n) is 2.95. The highest BCUT2D eigenvalue weighted by Gasteiger charge is 2.32. The average Bonchev–Trinajstić information content (AvgIpc) is 2.85. The van der Waals surface area contributed by atoms with Gasteiger partial charge in [-0.05, 0) is 17.5 Å². The Kier molecular flexibility index (Phi) is 3.42. The van der Waals surface area contributed by atoms with Crippen molar-refractivity contribution in [2.75, 3.05) is 15.4 Å². The Morgan fingerprint density at radius 1 is 1.35 bits per heavy atom. The van der Waals surface area contributed by atoms with Crippen LogP contribution < -0.4 is 15.4 Å². The number of nitrogen functional groups attached to an aromatic ring is 1. The predicted molar refractivity (Wildman–Crippen MR) is 80.1 cm³/mol. The number of carbonyl (C=O) groups excluding carboxylic acids is 1. The summed E-state index contributed by atoms with van der Waals surface area (Å²) in [6.07, 6.45) is 1.76. The molecule has 1 aliphatic rings. The molecule has 102 valence electrons. The van der Waals surface area contributed by atoms with Crippen molar-refractivity contribution in [3.63, 3.8) is 0 Å². The largest absolute Gasteiger partial charge is 0.382 e. The second-order valence-electron chi connectivity index (χ2n) is 4.27. The number of rotatable bonds is 4. The number of benzene rings is 1. The highest BCUT2D eigenvalue weighted by atomic mass is 32.2. The van der Waals surface area contributed by atoms with Crippen LogP contribution >= 0.6 is 11.9 Å². The highest BCUT2D eigenvalue weighted by molar-refractivity contribution is 8.00. The van der Waals surface area contributed by atoms with E-state index in [1.54, 1.807) is 0 Å². The van der Waals surface area contributed by atoms with Crippen LogP contribution in [-0.4, -0.2) is 22.4 Å². The molecule has 2 heterocycles. The molecule has 0 amide bonds. The molecule has 7 heteroatoms. The molecule has 20 heavy (non-hydrogen) atoms. The minimum atomic E-state index is -0.474. The van der Waals surface area contributed by atoms with Crippen LogP contribution in [0.15, 0.2) is 36.7 Å². The number of hydrogen-bond acceptors (Lipinski definition) is 7. The van der Waals surface area contributed by atoms with Gasteiger partial charge in [0.1, 0.15) is 12.0 Å². The van der Waals surface area contributed by atoms with E-state index in [2.05, 4.69) is 15.3 Å². The van der Waals surface area contributed by atoms with Crippen LogP contribution in [0.4, 0.5) is 17.3 Å². The molecule has 0 spiro atoms. The SMILES string of the molecule is Nc1ncnc2c1NC(C=O)N2SCc1ccccc1. The van der Waals surface area contributed by atoms with Gasteiger partial charge in [0.25, 0.3) is 0 Å². The first-order valence-corrected chi connectivity index (χ1v) is 7.02. The van der Waals surface area contributed by atoms with Crippen LogP contribution in [0.2, 0.25) is 0 Å². The van der Waals surface area contributed by atoms with Crippen LogP contribution in [0.5, 0.6) is 0 Å². The molecular formula is C13H13N5OS. The summed E-state index contributed by atoms with van der Waals surface area (Å²) in [5.41, 5.74) is 7.59. The van der Waals surface area contributed by atoms with Gasteiger partial charge in [-0.1, -0.05) is 30.3 Å². The van der Waals surface area contributed by atoms with Crippen LogP contribution in [0.25, 0.3) is 0 Å². The summed E-state index contributed by atoms with van der Waals surface area (Å²) in [4.78, 5) is 19.3. The van der Waals surface area contributed by atoms with Crippen molar-refractivity contribution in [1.82, 2.24) is 9.97 Å². The number of hydrogen-bond donors (Lipinski definition) is 2. The number of nitrogens with two attached hydrogens (primary N) is 1. The molecule has 0 aliphatic carbocycles. The molecular weight excluding hydrogens is 274 g/mol. The van der Waals surface area contributed by atoms with Gasteiger partial charge in [0.2, 0.25) is 0 Å². The van der Waals surface area contributed by atoms with Gasteiger partial charge in [-0.25, -0.2) is 9.97 Å². The van der Waals surface area contributed by atoms with Crippen molar-refractivity contribution in [2.24, 2.45) is 0 Å². The maximum absolute atomic E-state index is 11.2. The van der Waals surface area contributed by atoms with Crippen LogP contribution in [0.3, 0.4) is 0 Å². The van der Waals surface area contributed by atoms with Gasteiger partial charge in [-0.2, -0.15) is 0 Å². The van der Waals surface area contributed by atoms with Gasteiger partial charge in [0, 0.05) is 5.75 Å². The van der Waals surface area contributed by atoms with E-state index < -0.39 is 6.17 Å². The zero-order chi connectivity index (χ0) is 13.9. The molecule has 0 radical (unpaired) electrons. The maximum Gasteiger partial charge on any atom is 0.169 e. The zero-order valence-corrected chi connectivity index (χ0v) is 11.4. The Labute approximate surface area is 120 Å². The van der Waals surface area contributed by atoms with Gasteiger partial charge in [0.05, 0.1) is 0 Å². The van der Waals surface area contributed by atoms with Crippen LogP contribution in [0.1, 0.15) is 5.56 Å². The minimum Gasteiger partial charge on any atom is -0.382 e. The van der Waals surface area contributed by atoms with E-state index in [9.17, 15) is 4.79 Å². The molecule has 1 aliphatic heterocycles. The van der Waals surface area contributed by atoms with Gasteiger partial charge in [0.15, 0.2) is 24.1 Å². The van der Waals surface area contributed by atoms with E-state index in [1.807, 2.05) is 34.6 Å². The fourth-order valence-electron chi connectivity index (χ4n) is 1.98. The number of fused-ring (bicyclic) bond motifs is 1. The van der Waals surface area contributed by atoms with E-state index in [0.29, 0.717) is 17.3 Å². The topological polar surface area (TPSA) is 84.1 Å². The summed E-state index contributed by atoms with van der Waals surface area (Å²) in [6, 6.07) is 10.0. The standard InChI is InChI=1S/C13H13N5OS/c14-12-11-13(16-8-15-12)18(10(6-19)17-11)20-7-9-4-2-1-3-5-9/h1-6,8,10,17H,7H2,(H2,14,15,16). The van der Waals surface area contributed by atoms with Crippen LogP contribution in [0, 0.1) is 0 Å². The molecule has 6 nitrogen and oxygen atoms in total. The lowest BCUT2D eigenvalue weighted by molar-refractivity contribution is -0.108. The van der Waals surface area contributed by atoms with Crippen LogP contribution in [-0.2, 0) is 10.5 Å². The Morgan fingerprint density at radius 3 is 2.90 bits per heavy atom. The summed E-state index contributed by atoms with van der Waals surface area (Å²) in [5, 5.41) is 3.03.